The number of nitrogens with zero attached hydrogens (tertiary/aromatic N) is 1. The van der Waals surface area contributed by atoms with Crippen LogP contribution >= 0.6 is 0 Å². The summed E-state index contributed by atoms with van der Waals surface area (Å²) in [7, 11) is 1.34. The first kappa shape index (κ1) is 12.8. The summed E-state index contributed by atoms with van der Waals surface area (Å²) in [4.78, 5) is 15.7. The third kappa shape index (κ3) is 2.79. The Morgan fingerprint density at radius 1 is 1.44 bits per heavy atom. The lowest BCUT2D eigenvalue weighted by molar-refractivity contribution is 0.0585. The number of nitrogens with two attached hydrogens (primary N) is 1. The van der Waals surface area contributed by atoms with E-state index in [1.807, 2.05) is 0 Å². The van der Waals surface area contributed by atoms with Crippen LogP contribution in [0, 0.1) is 0 Å². The summed E-state index contributed by atoms with van der Waals surface area (Å²) in [6.45, 7) is 0. The van der Waals surface area contributed by atoms with Crippen molar-refractivity contribution in [3.05, 3.63) is 23.9 Å². The van der Waals surface area contributed by atoms with Crippen molar-refractivity contribution in [1.82, 2.24) is 4.98 Å². The van der Waals surface area contributed by atoms with Gasteiger partial charge in [0.05, 0.1) is 7.11 Å². The number of carbonyl (C=O) groups is 1. The third-order valence-electron chi connectivity index (χ3n) is 3.19. The Kier molecular flexibility index (Phi) is 4.15. The fourth-order valence-corrected chi connectivity index (χ4v) is 2.17. The van der Waals surface area contributed by atoms with Crippen molar-refractivity contribution in [3.63, 3.8) is 0 Å². The van der Waals surface area contributed by atoms with Crippen molar-refractivity contribution in [2.45, 2.75) is 37.8 Å². The molecule has 5 heteroatoms. The van der Waals surface area contributed by atoms with E-state index in [2.05, 4.69) is 4.98 Å². The minimum absolute atomic E-state index is 0.00579. The molecule has 1 aromatic rings. The van der Waals surface area contributed by atoms with E-state index in [4.69, 9.17) is 15.2 Å². The number of hydrogen-bond donors (Lipinski definition) is 1. The average Bonchev–Trinajstić information content (AvgIpc) is 2.41. The van der Waals surface area contributed by atoms with Gasteiger partial charge < -0.3 is 15.2 Å². The molecule has 5 nitrogen and oxygen atoms in total. The molecule has 18 heavy (non-hydrogen) atoms. The molecule has 0 amide bonds. The van der Waals surface area contributed by atoms with Crippen molar-refractivity contribution >= 4 is 5.97 Å². The molecule has 1 aromatic heterocycles. The molecule has 1 heterocycles. The molecule has 1 saturated carbocycles. The summed E-state index contributed by atoms with van der Waals surface area (Å²) < 4.78 is 10.5. The lowest BCUT2D eigenvalue weighted by Crippen LogP contribution is -2.41. The fraction of sp³-hybridized carbons (Fsp3) is 0.538. The van der Waals surface area contributed by atoms with Gasteiger partial charge in [-0.15, -0.1) is 0 Å². The van der Waals surface area contributed by atoms with Gasteiger partial charge in [-0.3, -0.25) is 0 Å². The standard InChI is InChI=1S/C13H18N2O3/c1-17-13(16)9-5-4-8-15-12(9)18-11-7-3-2-6-10(11)14/h4-5,8,10-11H,2-3,6-7,14H2,1H3. The van der Waals surface area contributed by atoms with E-state index in [9.17, 15) is 4.79 Å². The lowest BCUT2D eigenvalue weighted by atomic mass is 9.93. The predicted octanol–water partition coefficient (Wildman–Crippen LogP) is 1.52. The first-order valence-corrected chi connectivity index (χ1v) is 6.18. The predicted molar refractivity (Wildman–Crippen MR) is 66.4 cm³/mol. The number of esters is 1. The van der Waals surface area contributed by atoms with Crippen molar-refractivity contribution < 1.29 is 14.3 Å². The molecule has 2 rings (SSSR count). The van der Waals surface area contributed by atoms with Crippen LogP contribution in [0.1, 0.15) is 36.0 Å². The Morgan fingerprint density at radius 2 is 2.22 bits per heavy atom. The van der Waals surface area contributed by atoms with Crippen LogP contribution in [0.4, 0.5) is 0 Å². The van der Waals surface area contributed by atoms with Crippen LogP contribution in [0.2, 0.25) is 0 Å². The van der Waals surface area contributed by atoms with Crippen molar-refractivity contribution in [1.29, 1.82) is 0 Å². The summed E-state index contributed by atoms with van der Waals surface area (Å²) >= 11 is 0. The molecule has 0 bridgehead atoms. The number of rotatable bonds is 3. The van der Waals surface area contributed by atoms with Gasteiger partial charge in [0, 0.05) is 12.2 Å². The van der Waals surface area contributed by atoms with E-state index in [0.29, 0.717) is 11.4 Å². The normalized spacial score (nSPS) is 23.4. The molecular weight excluding hydrogens is 232 g/mol. The highest BCUT2D eigenvalue weighted by Gasteiger charge is 2.25. The molecular formula is C13H18N2O3. The number of pyridine rings is 1. The first-order valence-electron chi connectivity index (χ1n) is 6.18. The number of ether oxygens (including phenoxy) is 2. The summed E-state index contributed by atoms with van der Waals surface area (Å²) in [5.41, 5.74) is 6.36. The van der Waals surface area contributed by atoms with Gasteiger partial charge in [0.15, 0.2) is 0 Å². The second-order valence-electron chi connectivity index (χ2n) is 4.45. The quantitative estimate of drug-likeness (QED) is 0.823. The maximum atomic E-state index is 11.6. The summed E-state index contributed by atoms with van der Waals surface area (Å²) in [6, 6.07) is 3.33. The molecule has 1 aliphatic rings. The molecule has 1 aliphatic carbocycles. The molecule has 0 aromatic carbocycles. The zero-order valence-electron chi connectivity index (χ0n) is 10.5. The van der Waals surface area contributed by atoms with E-state index in [1.165, 1.54) is 7.11 Å². The Hall–Kier alpha value is -1.62. The van der Waals surface area contributed by atoms with Gasteiger partial charge in [0.1, 0.15) is 11.7 Å². The molecule has 0 spiro atoms. The highest BCUT2D eigenvalue weighted by molar-refractivity contribution is 5.91. The van der Waals surface area contributed by atoms with Gasteiger partial charge in [-0.05, 0) is 31.4 Å². The average molecular weight is 250 g/mol. The fourth-order valence-electron chi connectivity index (χ4n) is 2.17. The van der Waals surface area contributed by atoms with Crippen molar-refractivity contribution in [2.24, 2.45) is 5.73 Å². The third-order valence-corrected chi connectivity index (χ3v) is 3.19. The van der Waals surface area contributed by atoms with Crippen LogP contribution < -0.4 is 10.5 Å². The Morgan fingerprint density at radius 3 is 2.94 bits per heavy atom. The van der Waals surface area contributed by atoms with Gasteiger partial charge in [-0.1, -0.05) is 6.42 Å². The zero-order chi connectivity index (χ0) is 13.0. The second kappa shape index (κ2) is 5.82. The molecule has 98 valence electrons. The number of carbonyl (C=O) groups excluding carboxylic acids is 1. The maximum Gasteiger partial charge on any atom is 0.343 e. The lowest BCUT2D eigenvalue weighted by Gasteiger charge is -2.28. The van der Waals surface area contributed by atoms with E-state index in [0.717, 1.165) is 25.7 Å². The smallest absolute Gasteiger partial charge is 0.343 e. The summed E-state index contributed by atoms with van der Waals surface area (Å²) in [6.07, 6.45) is 5.60. The molecule has 2 unspecified atom stereocenters. The molecule has 0 aliphatic heterocycles. The highest BCUT2D eigenvalue weighted by Crippen LogP contribution is 2.24. The summed E-state index contributed by atoms with van der Waals surface area (Å²) in [5.74, 6) is -0.130. The topological polar surface area (TPSA) is 74.4 Å². The SMILES string of the molecule is COC(=O)c1cccnc1OC1CCCCC1N. The largest absolute Gasteiger partial charge is 0.472 e. The Balaban J connectivity index is 2.15. The zero-order valence-corrected chi connectivity index (χ0v) is 10.5. The number of aromatic nitrogens is 1. The van der Waals surface area contributed by atoms with E-state index in [1.54, 1.807) is 18.3 Å². The van der Waals surface area contributed by atoms with Gasteiger partial charge >= 0.3 is 5.97 Å². The van der Waals surface area contributed by atoms with Gasteiger partial charge in [-0.2, -0.15) is 0 Å². The van der Waals surface area contributed by atoms with E-state index in [-0.39, 0.29) is 12.1 Å². The second-order valence-corrected chi connectivity index (χ2v) is 4.45. The van der Waals surface area contributed by atoms with Crippen LogP contribution in [0.3, 0.4) is 0 Å². The number of hydrogen-bond acceptors (Lipinski definition) is 5. The molecule has 2 atom stereocenters. The number of methoxy groups -OCH3 is 1. The Bertz CT molecular complexity index is 422. The first-order chi connectivity index (χ1) is 8.72. The summed E-state index contributed by atoms with van der Waals surface area (Å²) in [5, 5.41) is 0. The van der Waals surface area contributed by atoms with Crippen LogP contribution in [-0.2, 0) is 4.74 Å². The Labute approximate surface area is 106 Å². The van der Waals surface area contributed by atoms with Crippen LogP contribution in [0.5, 0.6) is 5.88 Å². The molecule has 2 N–H and O–H groups in total. The van der Waals surface area contributed by atoms with Crippen LogP contribution in [0.15, 0.2) is 18.3 Å². The van der Waals surface area contributed by atoms with Gasteiger partial charge in [-0.25, -0.2) is 9.78 Å². The maximum absolute atomic E-state index is 11.6. The van der Waals surface area contributed by atoms with Gasteiger partial charge in [0.2, 0.25) is 5.88 Å². The van der Waals surface area contributed by atoms with Crippen LogP contribution in [0.25, 0.3) is 0 Å². The molecule has 0 saturated heterocycles. The minimum atomic E-state index is -0.442. The van der Waals surface area contributed by atoms with Crippen LogP contribution in [-0.4, -0.2) is 30.2 Å². The van der Waals surface area contributed by atoms with Crippen molar-refractivity contribution in [2.75, 3.05) is 7.11 Å². The molecule has 1 fully saturated rings. The highest BCUT2D eigenvalue weighted by atomic mass is 16.5. The van der Waals surface area contributed by atoms with Crippen molar-refractivity contribution in [3.8, 4) is 5.88 Å². The van der Waals surface area contributed by atoms with E-state index < -0.39 is 5.97 Å². The monoisotopic (exact) mass is 250 g/mol. The minimum Gasteiger partial charge on any atom is -0.472 e. The van der Waals surface area contributed by atoms with E-state index >= 15 is 0 Å². The molecule has 0 radical (unpaired) electrons. The van der Waals surface area contributed by atoms with Gasteiger partial charge in [0.25, 0.3) is 0 Å².